The molecule has 1 aromatic carbocycles. The van der Waals surface area contributed by atoms with E-state index in [1.807, 2.05) is 53.9 Å². The summed E-state index contributed by atoms with van der Waals surface area (Å²) >= 11 is 6.31. The maximum absolute atomic E-state index is 10.7. The third kappa shape index (κ3) is 3.27. The summed E-state index contributed by atoms with van der Waals surface area (Å²) in [5.41, 5.74) is 3.59. The van der Waals surface area contributed by atoms with Crippen molar-refractivity contribution in [3.8, 4) is 0 Å². The van der Waals surface area contributed by atoms with Gasteiger partial charge < -0.3 is 9.51 Å². The molecule has 0 unspecified atom stereocenters. The van der Waals surface area contributed by atoms with Gasteiger partial charge in [-0.05, 0) is 42.3 Å². The van der Waals surface area contributed by atoms with Gasteiger partial charge in [0.15, 0.2) is 0 Å². The molecular weight excluding hydrogens is 312 g/mol. The van der Waals surface area contributed by atoms with E-state index in [0.717, 1.165) is 28.5 Å². The van der Waals surface area contributed by atoms with Gasteiger partial charge in [0, 0.05) is 23.7 Å². The first-order valence-electron chi connectivity index (χ1n) is 7.16. The molecule has 0 aliphatic rings. The predicted molar refractivity (Wildman–Crippen MR) is 90.9 cm³/mol. The molecule has 1 N–H and O–H groups in total. The van der Waals surface area contributed by atoms with E-state index < -0.39 is 5.97 Å². The maximum Gasteiger partial charge on any atom is 0.328 e. The molecule has 3 rings (SSSR count). The van der Waals surface area contributed by atoms with Crippen LogP contribution in [-0.2, 0) is 11.2 Å². The van der Waals surface area contributed by atoms with Crippen LogP contribution in [0.25, 0.3) is 11.6 Å². The minimum atomic E-state index is -0.995. The van der Waals surface area contributed by atoms with Gasteiger partial charge in [-0.3, -0.25) is 0 Å². The monoisotopic (exact) mass is 326 g/mol. The normalized spacial score (nSPS) is 11.4. The van der Waals surface area contributed by atoms with Crippen LogP contribution >= 0.6 is 11.6 Å². The Morgan fingerprint density at radius 1 is 1.35 bits per heavy atom. The van der Waals surface area contributed by atoms with Gasteiger partial charge >= 0.3 is 5.97 Å². The van der Waals surface area contributed by atoms with Gasteiger partial charge in [0.25, 0.3) is 0 Å². The number of aryl methyl sites for hydroxylation is 1. The number of aromatic nitrogens is 2. The highest BCUT2D eigenvalue weighted by atomic mass is 35.5. The van der Waals surface area contributed by atoms with E-state index in [1.54, 1.807) is 0 Å². The lowest BCUT2D eigenvalue weighted by Gasteiger charge is -2.05. The molecule has 0 saturated carbocycles. The molecule has 5 heteroatoms. The number of aliphatic carboxylic acids is 1. The topological polar surface area (TPSA) is 54.6 Å². The summed E-state index contributed by atoms with van der Waals surface area (Å²) in [4.78, 5) is 15.3. The minimum absolute atomic E-state index is 0.575. The van der Waals surface area contributed by atoms with Crippen molar-refractivity contribution in [2.75, 3.05) is 0 Å². The average molecular weight is 327 g/mol. The average Bonchev–Trinajstić information content (AvgIpc) is 2.86. The minimum Gasteiger partial charge on any atom is -0.478 e. The van der Waals surface area contributed by atoms with Crippen LogP contribution in [0.15, 0.2) is 48.7 Å². The number of rotatable bonds is 4. The lowest BCUT2D eigenvalue weighted by molar-refractivity contribution is -0.131. The smallest absolute Gasteiger partial charge is 0.328 e. The third-order valence-corrected chi connectivity index (χ3v) is 3.94. The van der Waals surface area contributed by atoms with Crippen molar-refractivity contribution in [1.82, 2.24) is 9.38 Å². The van der Waals surface area contributed by atoms with E-state index in [1.165, 1.54) is 6.08 Å². The highest BCUT2D eigenvalue weighted by Gasteiger charge is 2.11. The summed E-state index contributed by atoms with van der Waals surface area (Å²) in [7, 11) is 0. The van der Waals surface area contributed by atoms with Crippen molar-refractivity contribution in [3.63, 3.8) is 0 Å². The van der Waals surface area contributed by atoms with E-state index >= 15 is 0 Å². The van der Waals surface area contributed by atoms with Gasteiger partial charge in [0.05, 0.1) is 11.2 Å². The van der Waals surface area contributed by atoms with Crippen molar-refractivity contribution in [2.24, 2.45) is 0 Å². The van der Waals surface area contributed by atoms with Gasteiger partial charge in [-0.25, -0.2) is 9.78 Å². The first-order chi connectivity index (χ1) is 11.0. The van der Waals surface area contributed by atoms with Crippen molar-refractivity contribution >= 4 is 29.2 Å². The van der Waals surface area contributed by atoms with Gasteiger partial charge in [-0.15, -0.1) is 0 Å². The first kappa shape index (κ1) is 15.3. The Bertz CT molecular complexity index is 913. The fraction of sp³-hybridized carbons (Fsp3) is 0.111. The molecule has 0 radical (unpaired) electrons. The molecule has 3 aromatic rings. The number of pyridine rings is 1. The molecular formula is C18H15ClN2O2. The highest BCUT2D eigenvalue weighted by molar-refractivity contribution is 6.31. The summed E-state index contributed by atoms with van der Waals surface area (Å²) in [6.45, 7) is 2.00. The van der Waals surface area contributed by atoms with Crippen LogP contribution in [0.2, 0.25) is 5.02 Å². The first-order valence-corrected chi connectivity index (χ1v) is 7.54. The van der Waals surface area contributed by atoms with E-state index in [0.29, 0.717) is 17.1 Å². The van der Waals surface area contributed by atoms with Crippen molar-refractivity contribution in [3.05, 3.63) is 76.3 Å². The Kier molecular flexibility index (Phi) is 4.17. The SMILES string of the molecule is Cc1ccc(Cc2nc(/C=C\C(=O)O)c3ccccn23)c(Cl)c1. The second-order valence-electron chi connectivity index (χ2n) is 5.31. The number of benzene rings is 1. The summed E-state index contributed by atoms with van der Waals surface area (Å²) in [5.74, 6) is -0.179. The third-order valence-electron chi connectivity index (χ3n) is 3.59. The molecule has 0 amide bonds. The summed E-state index contributed by atoms with van der Waals surface area (Å²) < 4.78 is 1.96. The van der Waals surface area contributed by atoms with Crippen LogP contribution in [0.5, 0.6) is 0 Å². The highest BCUT2D eigenvalue weighted by Crippen LogP contribution is 2.22. The van der Waals surface area contributed by atoms with Crippen molar-refractivity contribution in [2.45, 2.75) is 13.3 Å². The summed E-state index contributed by atoms with van der Waals surface area (Å²) in [6.07, 6.45) is 5.10. The Balaban J connectivity index is 2.05. The number of nitrogens with zero attached hydrogens (tertiary/aromatic N) is 2. The Morgan fingerprint density at radius 2 is 2.17 bits per heavy atom. The molecule has 2 heterocycles. The number of carboxylic acid groups (broad SMARTS) is 1. The lowest BCUT2D eigenvalue weighted by Crippen LogP contribution is -1.97. The molecule has 0 fully saturated rings. The molecule has 4 nitrogen and oxygen atoms in total. The number of imidazole rings is 1. The summed E-state index contributed by atoms with van der Waals surface area (Å²) in [5, 5.41) is 9.52. The largest absolute Gasteiger partial charge is 0.478 e. The van der Waals surface area contributed by atoms with Gasteiger partial charge in [0.2, 0.25) is 0 Å². The maximum atomic E-state index is 10.7. The molecule has 0 saturated heterocycles. The zero-order valence-electron chi connectivity index (χ0n) is 12.5. The molecule has 0 spiro atoms. The number of fused-ring (bicyclic) bond motifs is 1. The van der Waals surface area contributed by atoms with Crippen LogP contribution in [0.4, 0.5) is 0 Å². The van der Waals surface area contributed by atoms with E-state index in [-0.39, 0.29) is 0 Å². The van der Waals surface area contributed by atoms with E-state index in [9.17, 15) is 4.79 Å². The fourth-order valence-electron chi connectivity index (χ4n) is 2.49. The molecule has 2 aromatic heterocycles. The molecule has 23 heavy (non-hydrogen) atoms. The standard InChI is InChI=1S/C18H15ClN2O2/c1-12-5-6-13(14(19)10-12)11-17-20-15(7-8-18(22)23)16-4-2-3-9-21(16)17/h2-10H,11H2,1H3,(H,22,23)/b8-7-. The van der Waals surface area contributed by atoms with Gasteiger partial charge in [0.1, 0.15) is 5.82 Å². The molecule has 0 aliphatic carbocycles. The quantitative estimate of drug-likeness (QED) is 0.738. The van der Waals surface area contributed by atoms with Crippen LogP contribution in [-0.4, -0.2) is 20.5 Å². The van der Waals surface area contributed by atoms with Crippen molar-refractivity contribution in [1.29, 1.82) is 0 Å². The van der Waals surface area contributed by atoms with Gasteiger partial charge in [-0.2, -0.15) is 0 Å². The fourth-order valence-corrected chi connectivity index (χ4v) is 2.79. The second-order valence-corrected chi connectivity index (χ2v) is 5.72. The van der Waals surface area contributed by atoms with Gasteiger partial charge in [-0.1, -0.05) is 29.8 Å². The number of hydrogen-bond donors (Lipinski definition) is 1. The Labute approximate surface area is 138 Å². The van der Waals surface area contributed by atoms with Crippen molar-refractivity contribution < 1.29 is 9.90 Å². The predicted octanol–water partition coefficient (Wildman–Crippen LogP) is 3.98. The number of hydrogen-bond acceptors (Lipinski definition) is 2. The molecule has 0 atom stereocenters. The van der Waals surface area contributed by atoms with Crippen LogP contribution in [0.3, 0.4) is 0 Å². The number of carboxylic acids is 1. The van der Waals surface area contributed by atoms with E-state index in [4.69, 9.17) is 16.7 Å². The zero-order chi connectivity index (χ0) is 16.4. The van der Waals surface area contributed by atoms with Crippen LogP contribution < -0.4 is 0 Å². The van der Waals surface area contributed by atoms with Crippen LogP contribution in [0, 0.1) is 6.92 Å². The molecule has 0 bridgehead atoms. The molecule has 116 valence electrons. The number of carbonyl (C=O) groups is 1. The molecule has 0 aliphatic heterocycles. The lowest BCUT2D eigenvalue weighted by atomic mass is 10.1. The zero-order valence-corrected chi connectivity index (χ0v) is 13.3. The Hall–Kier alpha value is -2.59. The Morgan fingerprint density at radius 3 is 2.91 bits per heavy atom. The summed E-state index contributed by atoms with van der Waals surface area (Å²) in [6, 6.07) is 11.7. The second kappa shape index (κ2) is 6.26. The van der Waals surface area contributed by atoms with Crippen LogP contribution in [0.1, 0.15) is 22.6 Å². The van der Waals surface area contributed by atoms with E-state index in [2.05, 4.69) is 4.98 Å². The number of halogens is 1.